The van der Waals surface area contributed by atoms with Crippen LogP contribution in [0.4, 0.5) is 0 Å². The Bertz CT molecular complexity index is 327. The highest BCUT2D eigenvalue weighted by Crippen LogP contribution is 2.36. The minimum absolute atomic E-state index is 0.236. The van der Waals surface area contributed by atoms with Crippen LogP contribution in [0.5, 0.6) is 0 Å². The Balaban J connectivity index is 2.33. The number of aliphatic hydroxyl groups excluding tert-OH is 2. The molecule has 4 nitrogen and oxygen atoms in total. The fraction of sp³-hybridized carbons (Fsp3) is 0.824. The number of carboxylic acid groups (broad SMARTS) is 1. The number of allylic oxidation sites excluding steroid dienone is 1. The number of hydrogen-bond acceptors (Lipinski definition) is 3. The molecule has 1 fully saturated rings. The second kappa shape index (κ2) is 9.96. The lowest BCUT2D eigenvalue weighted by Gasteiger charge is -2.20. The van der Waals surface area contributed by atoms with Crippen LogP contribution in [-0.4, -0.2) is 33.5 Å². The van der Waals surface area contributed by atoms with Gasteiger partial charge in [-0.05, 0) is 43.9 Å². The third-order valence-corrected chi connectivity index (χ3v) is 4.43. The zero-order chi connectivity index (χ0) is 15.7. The van der Waals surface area contributed by atoms with Crippen LogP contribution in [0, 0.1) is 11.8 Å². The van der Waals surface area contributed by atoms with Crippen LogP contribution < -0.4 is 0 Å². The fourth-order valence-electron chi connectivity index (χ4n) is 3.22. The van der Waals surface area contributed by atoms with Crippen molar-refractivity contribution in [3.8, 4) is 0 Å². The molecule has 0 aromatic rings. The van der Waals surface area contributed by atoms with Crippen LogP contribution in [0.15, 0.2) is 12.2 Å². The highest BCUT2D eigenvalue weighted by Gasteiger charge is 2.32. The highest BCUT2D eigenvalue weighted by molar-refractivity contribution is 5.66. The van der Waals surface area contributed by atoms with Gasteiger partial charge in [0.05, 0.1) is 12.2 Å². The van der Waals surface area contributed by atoms with E-state index in [1.165, 1.54) is 0 Å². The van der Waals surface area contributed by atoms with Gasteiger partial charge in [0, 0.05) is 6.42 Å². The summed E-state index contributed by atoms with van der Waals surface area (Å²) < 4.78 is 0. The van der Waals surface area contributed by atoms with Gasteiger partial charge < -0.3 is 15.3 Å². The van der Waals surface area contributed by atoms with Crippen molar-refractivity contribution < 1.29 is 20.1 Å². The van der Waals surface area contributed by atoms with E-state index in [2.05, 4.69) is 13.0 Å². The van der Waals surface area contributed by atoms with Crippen molar-refractivity contribution in [1.29, 1.82) is 0 Å². The summed E-state index contributed by atoms with van der Waals surface area (Å²) >= 11 is 0. The van der Waals surface area contributed by atoms with Gasteiger partial charge in [0.1, 0.15) is 0 Å². The summed E-state index contributed by atoms with van der Waals surface area (Å²) in [5, 5.41) is 28.4. The lowest BCUT2D eigenvalue weighted by molar-refractivity contribution is -0.137. The smallest absolute Gasteiger partial charge is 0.303 e. The monoisotopic (exact) mass is 298 g/mol. The van der Waals surface area contributed by atoms with E-state index < -0.39 is 5.97 Å². The molecule has 21 heavy (non-hydrogen) atoms. The first-order valence-corrected chi connectivity index (χ1v) is 8.30. The van der Waals surface area contributed by atoms with Gasteiger partial charge in [-0.15, -0.1) is 0 Å². The van der Waals surface area contributed by atoms with E-state index in [1.54, 1.807) is 0 Å². The summed E-state index contributed by atoms with van der Waals surface area (Å²) in [6, 6.07) is 0. The molecule has 0 heterocycles. The topological polar surface area (TPSA) is 77.8 Å². The normalized spacial score (nSPS) is 27.3. The summed E-state index contributed by atoms with van der Waals surface area (Å²) in [6.45, 7) is 2.05. The Morgan fingerprint density at radius 3 is 2.71 bits per heavy atom. The molecule has 1 aliphatic carbocycles. The summed E-state index contributed by atoms with van der Waals surface area (Å²) in [7, 11) is 0. The van der Waals surface area contributed by atoms with Crippen LogP contribution in [0.1, 0.15) is 64.7 Å². The maximum Gasteiger partial charge on any atom is 0.303 e. The van der Waals surface area contributed by atoms with Gasteiger partial charge >= 0.3 is 5.97 Å². The molecule has 0 spiro atoms. The van der Waals surface area contributed by atoms with E-state index >= 15 is 0 Å². The van der Waals surface area contributed by atoms with Gasteiger partial charge in [-0.2, -0.15) is 0 Å². The first-order valence-electron chi connectivity index (χ1n) is 8.30. The van der Waals surface area contributed by atoms with Gasteiger partial charge in [-0.1, -0.05) is 38.3 Å². The number of unbranched alkanes of at least 4 members (excludes halogenated alkanes) is 2. The molecule has 1 saturated carbocycles. The van der Waals surface area contributed by atoms with Crippen molar-refractivity contribution >= 4 is 5.97 Å². The first kappa shape index (κ1) is 18.2. The lowest BCUT2D eigenvalue weighted by Crippen LogP contribution is -2.18. The van der Waals surface area contributed by atoms with E-state index in [0.29, 0.717) is 12.3 Å². The average Bonchev–Trinajstić information content (AvgIpc) is 2.77. The van der Waals surface area contributed by atoms with Crippen LogP contribution in [0.25, 0.3) is 0 Å². The van der Waals surface area contributed by atoms with Gasteiger partial charge in [-0.25, -0.2) is 0 Å². The largest absolute Gasteiger partial charge is 0.481 e. The van der Waals surface area contributed by atoms with Gasteiger partial charge in [0.15, 0.2) is 0 Å². The van der Waals surface area contributed by atoms with Crippen molar-refractivity contribution in [1.82, 2.24) is 0 Å². The second-order valence-corrected chi connectivity index (χ2v) is 6.21. The number of aliphatic hydroxyl groups is 2. The van der Waals surface area contributed by atoms with Crippen LogP contribution in [0.2, 0.25) is 0 Å². The molecule has 4 unspecified atom stereocenters. The maximum absolute atomic E-state index is 10.5. The van der Waals surface area contributed by atoms with Gasteiger partial charge in [0.2, 0.25) is 0 Å². The Morgan fingerprint density at radius 2 is 2.05 bits per heavy atom. The van der Waals surface area contributed by atoms with Crippen molar-refractivity contribution in [2.24, 2.45) is 11.8 Å². The molecule has 0 aromatic heterocycles. The van der Waals surface area contributed by atoms with E-state index in [9.17, 15) is 15.0 Å². The number of carbonyl (C=O) groups is 1. The summed E-state index contributed by atoms with van der Waals surface area (Å²) in [5.74, 6) is -0.118. The Kier molecular flexibility index (Phi) is 8.62. The van der Waals surface area contributed by atoms with E-state index in [-0.39, 0.29) is 24.5 Å². The predicted molar refractivity (Wildman–Crippen MR) is 83.0 cm³/mol. The predicted octanol–water partition coefficient (Wildman–Crippen LogP) is 3.13. The molecule has 0 bridgehead atoms. The average molecular weight is 298 g/mol. The number of aliphatic carboxylic acids is 1. The highest BCUT2D eigenvalue weighted by atomic mass is 16.4. The maximum atomic E-state index is 10.5. The molecule has 0 aromatic carbocycles. The molecule has 0 aliphatic heterocycles. The third kappa shape index (κ3) is 7.09. The molecule has 4 atom stereocenters. The van der Waals surface area contributed by atoms with E-state index in [4.69, 9.17) is 5.11 Å². The molecular weight excluding hydrogens is 268 g/mol. The standard InChI is InChI=1S/C17H30O4/c1-2-6-14(18)11-9-13-10-12-16(19)15(13)7-4-3-5-8-17(20)21/h9,11,13-16,18-19H,2-8,10,12H2,1H3,(H,20,21)/b11-9+. The quantitative estimate of drug-likeness (QED) is 0.428. The van der Waals surface area contributed by atoms with Crippen LogP contribution >= 0.6 is 0 Å². The molecular formula is C17H30O4. The summed E-state index contributed by atoms with van der Waals surface area (Å²) in [6.07, 6.45) is 10.7. The zero-order valence-electron chi connectivity index (χ0n) is 13.1. The molecule has 4 heteroatoms. The van der Waals surface area contributed by atoms with Crippen molar-refractivity contribution in [2.45, 2.75) is 76.9 Å². The lowest BCUT2D eigenvalue weighted by atomic mass is 9.88. The third-order valence-electron chi connectivity index (χ3n) is 4.43. The molecule has 122 valence electrons. The van der Waals surface area contributed by atoms with Crippen molar-refractivity contribution in [3.63, 3.8) is 0 Å². The molecule has 1 rings (SSSR count). The van der Waals surface area contributed by atoms with Crippen molar-refractivity contribution in [2.75, 3.05) is 0 Å². The molecule has 3 N–H and O–H groups in total. The first-order chi connectivity index (χ1) is 10.0. The van der Waals surface area contributed by atoms with Crippen molar-refractivity contribution in [3.05, 3.63) is 12.2 Å². The van der Waals surface area contributed by atoms with Crippen LogP contribution in [-0.2, 0) is 4.79 Å². The van der Waals surface area contributed by atoms with Gasteiger partial charge in [0.25, 0.3) is 0 Å². The Morgan fingerprint density at radius 1 is 1.29 bits per heavy atom. The SMILES string of the molecule is CCCC(O)/C=C/C1CCC(O)C1CCCCCC(=O)O. The number of carboxylic acids is 1. The van der Waals surface area contributed by atoms with Crippen LogP contribution in [0.3, 0.4) is 0 Å². The second-order valence-electron chi connectivity index (χ2n) is 6.21. The minimum Gasteiger partial charge on any atom is -0.481 e. The Hall–Kier alpha value is -0.870. The number of hydrogen-bond donors (Lipinski definition) is 3. The number of rotatable bonds is 10. The summed E-state index contributed by atoms with van der Waals surface area (Å²) in [4.78, 5) is 10.5. The molecule has 0 amide bonds. The molecule has 0 radical (unpaired) electrons. The zero-order valence-corrected chi connectivity index (χ0v) is 13.1. The molecule has 1 aliphatic rings. The van der Waals surface area contributed by atoms with Gasteiger partial charge in [-0.3, -0.25) is 4.79 Å². The van der Waals surface area contributed by atoms with E-state index in [0.717, 1.165) is 44.9 Å². The Labute approximate surface area is 127 Å². The van der Waals surface area contributed by atoms with E-state index in [1.807, 2.05) is 6.08 Å². The summed E-state index contributed by atoms with van der Waals surface area (Å²) in [5.41, 5.74) is 0. The fourth-order valence-corrected chi connectivity index (χ4v) is 3.22. The minimum atomic E-state index is -0.735. The molecule has 0 saturated heterocycles.